The number of rotatable bonds is 3. The molecular formula is C15H20N2O2. The number of aryl methyl sites for hydroxylation is 1. The Kier molecular flexibility index (Phi) is 3.19. The third-order valence-electron chi connectivity index (χ3n) is 4.09. The van der Waals surface area contributed by atoms with E-state index >= 15 is 0 Å². The Bertz CT molecular complexity index is 497. The Morgan fingerprint density at radius 3 is 2.84 bits per heavy atom. The number of carbonyl (C=O) groups is 1. The zero-order valence-electron chi connectivity index (χ0n) is 11.2. The molecule has 1 aliphatic carbocycles. The van der Waals surface area contributed by atoms with Gasteiger partial charge in [-0.05, 0) is 43.9 Å². The van der Waals surface area contributed by atoms with Gasteiger partial charge in [0.1, 0.15) is 5.75 Å². The first kappa shape index (κ1) is 12.5. The smallest absolute Gasteiger partial charge is 0.251 e. The van der Waals surface area contributed by atoms with Gasteiger partial charge in [-0.1, -0.05) is 6.07 Å². The van der Waals surface area contributed by atoms with Gasteiger partial charge in [-0.2, -0.15) is 0 Å². The highest BCUT2D eigenvalue weighted by molar-refractivity contribution is 5.94. The summed E-state index contributed by atoms with van der Waals surface area (Å²) in [7, 11) is 0. The maximum atomic E-state index is 12.1. The Morgan fingerprint density at radius 1 is 1.37 bits per heavy atom. The van der Waals surface area contributed by atoms with Crippen LogP contribution in [0.1, 0.15) is 35.2 Å². The Hall–Kier alpha value is -1.55. The maximum Gasteiger partial charge on any atom is 0.251 e. The van der Waals surface area contributed by atoms with Gasteiger partial charge in [0.2, 0.25) is 0 Å². The molecule has 0 bridgehead atoms. The molecule has 1 saturated carbocycles. The van der Waals surface area contributed by atoms with Gasteiger partial charge >= 0.3 is 0 Å². The third kappa shape index (κ3) is 2.73. The first-order chi connectivity index (χ1) is 9.13. The fourth-order valence-electron chi connectivity index (χ4n) is 2.70. The summed E-state index contributed by atoms with van der Waals surface area (Å²) < 4.78 is 0. The van der Waals surface area contributed by atoms with E-state index in [0.717, 1.165) is 31.1 Å². The Balaban J connectivity index is 1.60. The molecule has 1 aliphatic heterocycles. The van der Waals surface area contributed by atoms with Gasteiger partial charge < -0.3 is 10.4 Å². The molecule has 1 amide bonds. The zero-order chi connectivity index (χ0) is 13.4. The lowest BCUT2D eigenvalue weighted by atomic mass is 10.1. The number of amides is 1. The summed E-state index contributed by atoms with van der Waals surface area (Å²) >= 11 is 0. The Labute approximate surface area is 113 Å². The SMILES string of the molecule is Cc1ccc(C(=O)NC2CCN(C3CC3)C2)cc1O. The molecule has 2 fully saturated rings. The summed E-state index contributed by atoms with van der Waals surface area (Å²) in [4.78, 5) is 14.6. The van der Waals surface area contributed by atoms with Crippen LogP contribution in [0.25, 0.3) is 0 Å². The van der Waals surface area contributed by atoms with Crippen molar-refractivity contribution < 1.29 is 9.90 Å². The molecule has 102 valence electrons. The van der Waals surface area contributed by atoms with Crippen molar-refractivity contribution in [2.75, 3.05) is 13.1 Å². The van der Waals surface area contributed by atoms with Gasteiger partial charge in [0.05, 0.1) is 0 Å². The molecule has 1 saturated heterocycles. The van der Waals surface area contributed by atoms with Gasteiger partial charge in [0.15, 0.2) is 0 Å². The minimum Gasteiger partial charge on any atom is -0.508 e. The quantitative estimate of drug-likeness (QED) is 0.869. The molecule has 2 aliphatic rings. The zero-order valence-corrected chi connectivity index (χ0v) is 11.2. The van der Waals surface area contributed by atoms with Crippen LogP contribution < -0.4 is 5.32 Å². The third-order valence-corrected chi connectivity index (χ3v) is 4.09. The number of carbonyl (C=O) groups excluding carboxylic acids is 1. The van der Waals surface area contributed by atoms with Crippen molar-refractivity contribution in [1.29, 1.82) is 0 Å². The number of hydrogen-bond donors (Lipinski definition) is 2. The first-order valence-electron chi connectivity index (χ1n) is 6.98. The standard InChI is InChI=1S/C15H20N2O2/c1-10-2-3-11(8-14(10)18)15(19)16-12-6-7-17(9-12)13-4-5-13/h2-3,8,12-13,18H,4-7,9H2,1H3,(H,16,19). The van der Waals surface area contributed by atoms with Crippen molar-refractivity contribution >= 4 is 5.91 Å². The molecule has 0 spiro atoms. The molecule has 0 radical (unpaired) electrons. The van der Waals surface area contributed by atoms with Crippen LogP contribution >= 0.6 is 0 Å². The normalized spacial score (nSPS) is 23.5. The van der Waals surface area contributed by atoms with Gasteiger partial charge in [0, 0.05) is 30.7 Å². The predicted molar refractivity (Wildman–Crippen MR) is 73.3 cm³/mol. The van der Waals surface area contributed by atoms with Crippen molar-refractivity contribution in [1.82, 2.24) is 10.2 Å². The minimum absolute atomic E-state index is 0.0852. The lowest BCUT2D eigenvalue weighted by Gasteiger charge is -2.16. The predicted octanol–water partition coefficient (Wildman–Crippen LogP) is 1.67. The van der Waals surface area contributed by atoms with Crippen LogP contribution in [-0.2, 0) is 0 Å². The molecule has 1 aromatic rings. The fourth-order valence-corrected chi connectivity index (χ4v) is 2.70. The molecule has 1 aromatic carbocycles. The number of nitrogens with zero attached hydrogens (tertiary/aromatic N) is 1. The largest absolute Gasteiger partial charge is 0.508 e. The van der Waals surface area contributed by atoms with E-state index in [-0.39, 0.29) is 17.7 Å². The van der Waals surface area contributed by atoms with E-state index < -0.39 is 0 Å². The number of phenolic OH excluding ortho intramolecular Hbond substituents is 1. The number of phenols is 1. The van der Waals surface area contributed by atoms with Crippen LogP contribution in [-0.4, -0.2) is 41.1 Å². The summed E-state index contributed by atoms with van der Waals surface area (Å²) in [5.74, 6) is 0.0941. The van der Waals surface area contributed by atoms with E-state index in [2.05, 4.69) is 10.2 Å². The average molecular weight is 260 g/mol. The van der Waals surface area contributed by atoms with Crippen LogP contribution in [0, 0.1) is 6.92 Å². The second-order valence-electron chi connectivity index (χ2n) is 5.69. The molecule has 0 aromatic heterocycles. The maximum absolute atomic E-state index is 12.1. The first-order valence-corrected chi connectivity index (χ1v) is 6.98. The summed E-state index contributed by atoms with van der Waals surface area (Å²) in [6.45, 7) is 3.88. The summed E-state index contributed by atoms with van der Waals surface area (Å²) in [6, 6.07) is 6.09. The van der Waals surface area contributed by atoms with E-state index in [9.17, 15) is 9.90 Å². The number of benzene rings is 1. The number of likely N-dealkylation sites (tertiary alicyclic amines) is 1. The van der Waals surface area contributed by atoms with Gasteiger partial charge in [-0.15, -0.1) is 0 Å². The van der Waals surface area contributed by atoms with Crippen molar-refractivity contribution in [3.05, 3.63) is 29.3 Å². The summed E-state index contributed by atoms with van der Waals surface area (Å²) in [5, 5.41) is 12.7. The molecule has 1 unspecified atom stereocenters. The summed E-state index contributed by atoms with van der Waals surface area (Å²) in [5.41, 5.74) is 1.32. The van der Waals surface area contributed by atoms with Crippen LogP contribution in [0.15, 0.2) is 18.2 Å². The minimum atomic E-state index is -0.0852. The van der Waals surface area contributed by atoms with Gasteiger partial charge in [-0.25, -0.2) is 0 Å². The van der Waals surface area contributed by atoms with E-state index in [4.69, 9.17) is 0 Å². The van der Waals surface area contributed by atoms with E-state index in [1.165, 1.54) is 18.9 Å². The van der Waals surface area contributed by atoms with Crippen LogP contribution in [0.4, 0.5) is 0 Å². The molecule has 1 heterocycles. The summed E-state index contributed by atoms with van der Waals surface area (Å²) in [6.07, 6.45) is 3.65. The highest BCUT2D eigenvalue weighted by Crippen LogP contribution is 2.29. The van der Waals surface area contributed by atoms with Crippen molar-refractivity contribution in [3.63, 3.8) is 0 Å². The lowest BCUT2D eigenvalue weighted by molar-refractivity contribution is 0.0937. The highest BCUT2D eigenvalue weighted by atomic mass is 16.3. The highest BCUT2D eigenvalue weighted by Gasteiger charge is 2.34. The molecular weight excluding hydrogens is 240 g/mol. The van der Waals surface area contributed by atoms with Gasteiger partial charge in [0.25, 0.3) is 5.91 Å². The van der Waals surface area contributed by atoms with E-state index in [1.807, 2.05) is 6.92 Å². The second-order valence-corrected chi connectivity index (χ2v) is 5.69. The fraction of sp³-hybridized carbons (Fsp3) is 0.533. The van der Waals surface area contributed by atoms with E-state index in [0.29, 0.717) is 5.56 Å². The molecule has 2 N–H and O–H groups in total. The average Bonchev–Trinajstić information content (AvgIpc) is 3.14. The van der Waals surface area contributed by atoms with Crippen molar-refractivity contribution in [2.45, 2.75) is 38.3 Å². The second kappa shape index (κ2) is 4.85. The van der Waals surface area contributed by atoms with Crippen LogP contribution in [0.5, 0.6) is 5.75 Å². The lowest BCUT2D eigenvalue weighted by Crippen LogP contribution is -2.37. The number of nitrogens with one attached hydrogen (secondary N) is 1. The topological polar surface area (TPSA) is 52.6 Å². The van der Waals surface area contributed by atoms with Crippen LogP contribution in [0.2, 0.25) is 0 Å². The number of hydrogen-bond acceptors (Lipinski definition) is 3. The molecule has 19 heavy (non-hydrogen) atoms. The van der Waals surface area contributed by atoms with Gasteiger partial charge in [-0.3, -0.25) is 9.69 Å². The molecule has 1 atom stereocenters. The van der Waals surface area contributed by atoms with Crippen molar-refractivity contribution in [2.24, 2.45) is 0 Å². The molecule has 4 nitrogen and oxygen atoms in total. The van der Waals surface area contributed by atoms with Crippen LogP contribution in [0.3, 0.4) is 0 Å². The monoisotopic (exact) mass is 260 g/mol. The molecule has 3 rings (SSSR count). The van der Waals surface area contributed by atoms with Crippen molar-refractivity contribution in [3.8, 4) is 5.75 Å². The molecule has 4 heteroatoms. The Morgan fingerprint density at radius 2 is 2.16 bits per heavy atom. The van der Waals surface area contributed by atoms with E-state index in [1.54, 1.807) is 12.1 Å². The number of aromatic hydroxyl groups is 1.